The van der Waals surface area contributed by atoms with Gasteiger partial charge in [-0.15, -0.1) is 6.58 Å². The lowest BCUT2D eigenvalue weighted by Gasteiger charge is -2.24. The molecule has 0 saturated heterocycles. The number of carbonyl (C=O) groups excluding carboxylic acids is 1. The fourth-order valence-corrected chi connectivity index (χ4v) is 2.28. The number of amides is 1. The Balaban J connectivity index is 3.08. The van der Waals surface area contributed by atoms with Gasteiger partial charge in [-0.1, -0.05) is 17.4 Å². The zero-order chi connectivity index (χ0) is 15.5. The summed E-state index contributed by atoms with van der Waals surface area (Å²) in [6.07, 6.45) is 0.948. The zero-order valence-corrected chi connectivity index (χ0v) is 12.8. The van der Waals surface area contributed by atoms with Gasteiger partial charge in [-0.25, -0.2) is 19.5 Å². The molecule has 0 aliphatic rings. The Morgan fingerprint density at radius 2 is 2.10 bits per heavy atom. The van der Waals surface area contributed by atoms with Crippen molar-refractivity contribution in [3.05, 3.63) is 23.2 Å². The van der Waals surface area contributed by atoms with Crippen molar-refractivity contribution in [1.29, 1.82) is 0 Å². The first-order valence-corrected chi connectivity index (χ1v) is 6.79. The second-order valence-corrected chi connectivity index (χ2v) is 6.07. The second kappa shape index (κ2) is 6.04. The summed E-state index contributed by atoms with van der Waals surface area (Å²) in [7, 11) is 0. The van der Waals surface area contributed by atoms with Crippen molar-refractivity contribution in [2.75, 3.05) is 11.4 Å². The molecule has 110 valence electrons. The first-order valence-electron chi connectivity index (χ1n) is 5.98. The molecule has 1 aromatic rings. The summed E-state index contributed by atoms with van der Waals surface area (Å²) in [6.45, 7) is 10.6. The summed E-state index contributed by atoms with van der Waals surface area (Å²) in [5.41, 5.74) is -0.270. The maximum Gasteiger partial charge on any atom is 0.416 e. The van der Waals surface area contributed by atoms with E-state index in [0.717, 1.165) is 11.3 Å². The molecule has 0 fully saturated rings. The van der Waals surface area contributed by atoms with E-state index in [1.54, 1.807) is 27.7 Å². The molecule has 0 spiro atoms. The van der Waals surface area contributed by atoms with Gasteiger partial charge < -0.3 is 9.84 Å². The predicted molar refractivity (Wildman–Crippen MR) is 77.6 cm³/mol. The number of aryl methyl sites for hydroxylation is 1. The van der Waals surface area contributed by atoms with Crippen molar-refractivity contribution in [1.82, 2.24) is 4.98 Å². The van der Waals surface area contributed by atoms with Crippen molar-refractivity contribution < 1.29 is 19.4 Å². The van der Waals surface area contributed by atoms with Crippen LogP contribution in [0.3, 0.4) is 0 Å². The largest absolute Gasteiger partial charge is 0.477 e. The van der Waals surface area contributed by atoms with Crippen LogP contribution in [-0.2, 0) is 4.74 Å². The van der Waals surface area contributed by atoms with Crippen LogP contribution in [0.15, 0.2) is 12.7 Å². The van der Waals surface area contributed by atoms with E-state index in [2.05, 4.69) is 11.6 Å². The van der Waals surface area contributed by atoms with E-state index in [9.17, 15) is 9.59 Å². The fourth-order valence-electron chi connectivity index (χ4n) is 1.37. The summed E-state index contributed by atoms with van der Waals surface area (Å²) in [5.74, 6) is -1.06. The Morgan fingerprint density at radius 3 is 2.50 bits per heavy atom. The summed E-state index contributed by atoms with van der Waals surface area (Å²) in [4.78, 5) is 28.6. The predicted octanol–water partition coefficient (Wildman–Crippen LogP) is 3.08. The van der Waals surface area contributed by atoms with Crippen LogP contribution in [0, 0.1) is 6.92 Å². The Morgan fingerprint density at radius 1 is 1.50 bits per heavy atom. The molecular weight excluding hydrogens is 280 g/mol. The summed E-state index contributed by atoms with van der Waals surface area (Å²) in [5, 5.41) is 9.32. The van der Waals surface area contributed by atoms with Crippen molar-refractivity contribution >= 4 is 28.5 Å². The molecule has 1 N–H and O–H groups in total. The first-order chi connectivity index (χ1) is 9.15. The highest BCUT2D eigenvalue weighted by Crippen LogP contribution is 2.27. The van der Waals surface area contributed by atoms with Crippen LogP contribution < -0.4 is 4.90 Å². The number of thiazole rings is 1. The van der Waals surface area contributed by atoms with Gasteiger partial charge >= 0.3 is 12.1 Å². The summed E-state index contributed by atoms with van der Waals surface area (Å²) < 4.78 is 5.27. The number of ether oxygens (including phenoxy) is 1. The maximum absolute atomic E-state index is 12.1. The second-order valence-electron chi connectivity index (χ2n) is 5.10. The molecule has 0 radical (unpaired) electrons. The molecule has 0 saturated carbocycles. The van der Waals surface area contributed by atoms with Gasteiger partial charge in [-0.2, -0.15) is 0 Å². The van der Waals surface area contributed by atoms with Gasteiger partial charge in [0.1, 0.15) is 10.5 Å². The van der Waals surface area contributed by atoms with Crippen molar-refractivity contribution in [2.45, 2.75) is 33.3 Å². The number of hydrogen-bond donors (Lipinski definition) is 1. The van der Waals surface area contributed by atoms with Gasteiger partial charge in [-0.05, 0) is 27.7 Å². The molecule has 1 heterocycles. The molecule has 0 atom stereocenters. The van der Waals surface area contributed by atoms with Gasteiger partial charge in [-0.3, -0.25) is 0 Å². The van der Waals surface area contributed by atoms with Gasteiger partial charge in [0.05, 0.1) is 5.69 Å². The Hall–Kier alpha value is -1.89. The maximum atomic E-state index is 12.1. The van der Waals surface area contributed by atoms with Gasteiger partial charge in [0.2, 0.25) is 0 Å². The molecular formula is C13H18N2O4S. The number of carbonyl (C=O) groups is 2. The minimum absolute atomic E-state index is 0.109. The number of hydrogen-bond acceptors (Lipinski definition) is 5. The SMILES string of the molecule is C=CCN(C(=O)OC(C)(C)C)c1nc(C)c(C(=O)O)s1. The third-order valence-electron chi connectivity index (χ3n) is 2.14. The van der Waals surface area contributed by atoms with Crippen molar-refractivity contribution in [3.8, 4) is 0 Å². The normalized spacial score (nSPS) is 11.0. The Labute approximate surface area is 121 Å². The molecule has 1 amide bonds. The van der Waals surface area contributed by atoms with Crippen LogP contribution in [0.5, 0.6) is 0 Å². The number of nitrogens with zero attached hydrogens (tertiary/aromatic N) is 2. The van der Waals surface area contributed by atoms with Crippen LogP contribution in [-0.4, -0.2) is 34.3 Å². The minimum Gasteiger partial charge on any atom is -0.477 e. The molecule has 20 heavy (non-hydrogen) atoms. The number of anilines is 1. The quantitative estimate of drug-likeness (QED) is 0.864. The summed E-state index contributed by atoms with van der Waals surface area (Å²) in [6, 6.07) is 0. The number of aromatic nitrogens is 1. The highest BCUT2D eigenvalue weighted by atomic mass is 32.1. The Kier molecular flexibility index (Phi) is 4.88. The molecule has 7 heteroatoms. The lowest BCUT2D eigenvalue weighted by Crippen LogP contribution is -2.37. The van der Waals surface area contributed by atoms with Crippen molar-refractivity contribution in [3.63, 3.8) is 0 Å². The highest BCUT2D eigenvalue weighted by molar-refractivity contribution is 7.17. The van der Waals surface area contributed by atoms with E-state index >= 15 is 0 Å². The van der Waals surface area contributed by atoms with Crippen LogP contribution in [0.4, 0.5) is 9.93 Å². The van der Waals surface area contributed by atoms with E-state index in [0.29, 0.717) is 5.69 Å². The van der Waals surface area contributed by atoms with E-state index in [-0.39, 0.29) is 16.6 Å². The molecule has 0 aliphatic heterocycles. The monoisotopic (exact) mass is 298 g/mol. The number of rotatable bonds is 4. The van der Waals surface area contributed by atoms with Crippen LogP contribution in [0.25, 0.3) is 0 Å². The molecule has 0 unspecified atom stereocenters. The molecule has 0 bridgehead atoms. The third kappa shape index (κ3) is 4.06. The lowest BCUT2D eigenvalue weighted by molar-refractivity contribution is 0.0583. The van der Waals surface area contributed by atoms with Crippen molar-refractivity contribution in [2.24, 2.45) is 0 Å². The average molecular weight is 298 g/mol. The van der Waals surface area contributed by atoms with Gasteiger partial charge in [0.25, 0.3) is 0 Å². The standard InChI is InChI=1S/C13H18N2O4S/c1-6-7-15(12(18)19-13(3,4)5)11-14-8(2)9(20-11)10(16)17/h6H,1,7H2,2-5H3,(H,16,17). The van der Waals surface area contributed by atoms with Gasteiger partial charge in [0.15, 0.2) is 5.13 Å². The third-order valence-corrected chi connectivity index (χ3v) is 3.30. The molecule has 0 aliphatic carbocycles. The minimum atomic E-state index is -1.06. The van der Waals surface area contributed by atoms with E-state index < -0.39 is 17.7 Å². The number of carboxylic acids is 1. The number of aromatic carboxylic acids is 1. The van der Waals surface area contributed by atoms with Gasteiger partial charge in [0, 0.05) is 6.54 Å². The lowest BCUT2D eigenvalue weighted by atomic mass is 10.2. The highest BCUT2D eigenvalue weighted by Gasteiger charge is 2.26. The zero-order valence-electron chi connectivity index (χ0n) is 12.0. The molecule has 6 nitrogen and oxygen atoms in total. The van der Waals surface area contributed by atoms with Crippen LogP contribution in [0.1, 0.15) is 36.1 Å². The molecule has 1 rings (SSSR count). The van der Waals surface area contributed by atoms with Crippen LogP contribution in [0.2, 0.25) is 0 Å². The average Bonchev–Trinajstić information content (AvgIpc) is 2.65. The molecule has 0 aromatic carbocycles. The summed E-state index contributed by atoms with van der Waals surface area (Å²) >= 11 is 0.937. The smallest absolute Gasteiger partial charge is 0.416 e. The Bertz CT molecular complexity index is 531. The van der Waals surface area contributed by atoms with E-state index in [4.69, 9.17) is 9.84 Å². The molecule has 1 aromatic heterocycles. The van der Waals surface area contributed by atoms with Crippen LogP contribution >= 0.6 is 11.3 Å². The topological polar surface area (TPSA) is 79.7 Å². The number of carboxylic acid groups (broad SMARTS) is 1. The fraction of sp³-hybridized carbons (Fsp3) is 0.462. The van der Waals surface area contributed by atoms with E-state index in [1.165, 1.54) is 11.0 Å². The van der Waals surface area contributed by atoms with E-state index in [1.807, 2.05) is 0 Å². The first kappa shape index (κ1) is 16.2.